The molecular weight excluding hydrogens is 362 g/mol. The van der Waals surface area contributed by atoms with Crippen LogP contribution in [0.25, 0.3) is 5.70 Å². The number of benzene rings is 2. The zero-order chi connectivity index (χ0) is 20.3. The Morgan fingerprint density at radius 1 is 1.21 bits per heavy atom. The lowest BCUT2D eigenvalue weighted by Gasteiger charge is -2.29. The van der Waals surface area contributed by atoms with Crippen LogP contribution in [0, 0.1) is 17.0 Å². The van der Waals surface area contributed by atoms with E-state index in [0.717, 1.165) is 0 Å². The van der Waals surface area contributed by atoms with Gasteiger partial charge in [0.25, 0.3) is 5.69 Å². The molecule has 1 aliphatic heterocycles. The second-order valence-corrected chi connectivity index (χ2v) is 6.21. The number of amides is 2. The molecule has 3 rings (SSSR count). The van der Waals surface area contributed by atoms with Gasteiger partial charge < -0.3 is 15.4 Å². The lowest BCUT2D eigenvalue weighted by molar-refractivity contribution is -0.385. The molecular formula is C20H19N3O5. The lowest BCUT2D eigenvalue weighted by atomic mass is 9.92. The Balaban J connectivity index is 2.20. The van der Waals surface area contributed by atoms with Gasteiger partial charge in [0, 0.05) is 11.6 Å². The maximum absolute atomic E-state index is 12.8. The summed E-state index contributed by atoms with van der Waals surface area (Å²) >= 11 is 0. The number of rotatable bonds is 5. The number of hydrogen-bond donors (Lipinski definition) is 2. The minimum absolute atomic E-state index is 0.0882. The van der Waals surface area contributed by atoms with Crippen LogP contribution in [0.1, 0.15) is 29.7 Å². The van der Waals surface area contributed by atoms with Crippen molar-refractivity contribution < 1.29 is 19.2 Å². The predicted molar refractivity (Wildman–Crippen MR) is 102 cm³/mol. The molecule has 0 saturated heterocycles. The first-order valence-corrected chi connectivity index (χ1v) is 8.71. The number of nitro benzene ring substituents is 1. The van der Waals surface area contributed by atoms with Crippen LogP contribution in [0.15, 0.2) is 54.1 Å². The predicted octanol–water partition coefficient (Wildman–Crippen LogP) is 3.23. The number of esters is 1. The van der Waals surface area contributed by atoms with Gasteiger partial charge in [0.2, 0.25) is 0 Å². The van der Waals surface area contributed by atoms with Crippen molar-refractivity contribution in [2.45, 2.75) is 19.9 Å². The van der Waals surface area contributed by atoms with Gasteiger partial charge in [-0.3, -0.25) is 10.1 Å². The highest BCUT2D eigenvalue weighted by Gasteiger charge is 2.35. The third kappa shape index (κ3) is 3.71. The third-order valence-electron chi connectivity index (χ3n) is 4.39. The lowest BCUT2D eigenvalue weighted by Crippen LogP contribution is -2.45. The van der Waals surface area contributed by atoms with Crippen LogP contribution >= 0.6 is 0 Å². The van der Waals surface area contributed by atoms with E-state index in [2.05, 4.69) is 10.6 Å². The molecule has 0 aliphatic carbocycles. The van der Waals surface area contributed by atoms with E-state index in [0.29, 0.717) is 22.4 Å². The molecule has 2 aromatic rings. The van der Waals surface area contributed by atoms with Gasteiger partial charge in [0.15, 0.2) is 0 Å². The van der Waals surface area contributed by atoms with E-state index in [1.165, 1.54) is 6.07 Å². The molecule has 8 nitrogen and oxygen atoms in total. The number of nitrogens with one attached hydrogen (secondary N) is 2. The third-order valence-corrected chi connectivity index (χ3v) is 4.39. The van der Waals surface area contributed by atoms with Gasteiger partial charge >= 0.3 is 12.0 Å². The summed E-state index contributed by atoms with van der Waals surface area (Å²) in [6.07, 6.45) is 0. The van der Waals surface area contributed by atoms with Crippen molar-refractivity contribution >= 4 is 23.4 Å². The van der Waals surface area contributed by atoms with E-state index in [1.807, 2.05) is 6.07 Å². The standard InChI is InChI=1S/C20H19N3O5/c1-3-28-19(24)16-17(13-7-5-4-6-8-13)21-20(25)22-18(16)14-10-9-12(2)15(11-14)23(26)27/h4-11,18H,3H2,1-2H3,(H2,21,22,25). The average Bonchev–Trinajstić information content (AvgIpc) is 2.68. The fourth-order valence-corrected chi connectivity index (χ4v) is 3.08. The molecule has 0 fully saturated rings. The van der Waals surface area contributed by atoms with Crippen LogP contribution in [0.2, 0.25) is 0 Å². The van der Waals surface area contributed by atoms with E-state index in [1.54, 1.807) is 50.2 Å². The van der Waals surface area contributed by atoms with Crippen molar-refractivity contribution in [2.24, 2.45) is 0 Å². The monoisotopic (exact) mass is 381 g/mol. The zero-order valence-corrected chi connectivity index (χ0v) is 15.4. The maximum Gasteiger partial charge on any atom is 0.338 e. The topological polar surface area (TPSA) is 111 Å². The molecule has 0 aromatic heterocycles. The minimum Gasteiger partial charge on any atom is -0.463 e. The fourth-order valence-electron chi connectivity index (χ4n) is 3.08. The Labute approximate surface area is 161 Å². The summed E-state index contributed by atoms with van der Waals surface area (Å²) in [5.41, 5.74) is 1.95. The van der Waals surface area contributed by atoms with Gasteiger partial charge in [-0.2, -0.15) is 0 Å². The Morgan fingerprint density at radius 3 is 2.57 bits per heavy atom. The summed E-state index contributed by atoms with van der Waals surface area (Å²) in [5, 5.41) is 16.7. The Hall–Kier alpha value is -3.68. The molecule has 28 heavy (non-hydrogen) atoms. The van der Waals surface area contributed by atoms with Gasteiger partial charge in [-0.25, -0.2) is 9.59 Å². The van der Waals surface area contributed by atoms with Gasteiger partial charge in [0.1, 0.15) is 0 Å². The number of hydrogen-bond acceptors (Lipinski definition) is 5. The summed E-state index contributed by atoms with van der Waals surface area (Å²) in [5.74, 6) is -0.609. The average molecular weight is 381 g/mol. The molecule has 0 radical (unpaired) electrons. The van der Waals surface area contributed by atoms with Crippen molar-refractivity contribution in [3.63, 3.8) is 0 Å². The van der Waals surface area contributed by atoms with Crippen molar-refractivity contribution in [1.29, 1.82) is 0 Å². The summed E-state index contributed by atoms with van der Waals surface area (Å²) in [6.45, 7) is 3.46. The van der Waals surface area contributed by atoms with Crippen molar-refractivity contribution in [3.8, 4) is 0 Å². The van der Waals surface area contributed by atoms with Crippen LogP contribution < -0.4 is 10.6 Å². The molecule has 0 saturated carbocycles. The number of carbonyl (C=O) groups is 2. The van der Waals surface area contributed by atoms with Crippen LogP contribution in [0.3, 0.4) is 0 Å². The first-order valence-electron chi connectivity index (χ1n) is 8.71. The number of aryl methyl sites for hydroxylation is 1. The largest absolute Gasteiger partial charge is 0.463 e. The van der Waals surface area contributed by atoms with Gasteiger partial charge in [-0.15, -0.1) is 0 Å². The number of nitro groups is 1. The maximum atomic E-state index is 12.8. The first-order chi connectivity index (χ1) is 13.4. The molecule has 1 heterocycles. The summed E-state index contributed by atoms with van der Waals surface area (Å²) in [7, 11) is 0. The Morgan fingerprint density at radius 2 is 1.93 bits per heavy atom. The van der Waals surface area contributed by atoms with Crippen LogP contribution in [-0.4, -0.2) is 23.5 Å². The summed E-state index contributed by atoms with van der Waals surface area (Å²) in [4.78, 5) is 35.9. The minimum atomic E-state index is -0.887. The quantitative estimate of drug-likeness (QED) is 0.469. The highest BCUT2D eigenvalue weighted by molar-refractivity contribution is 6.04. The molecule has 8 heteroatoms. The molecule has 144 valence electrons. The van der Waals surface area contributed by atoms with Crippen molar-refractivity contribution in [1.82, 2.24) is 10.6 Å². The van der Waals surface area contributed by atoms with E-state index >= 15 is 0 Å². The molecule has 0 bridgehead atoms. The second kappa shape index (κ2) is 7.91. The number of ether oxygens (including phenoxy) is 1. The molecule has 0 spiro atoms. The SMILES string of the molecule is CCOC(=O)C1=C(c2ccccc2)NC(=O)NC1c1ccc(C)c([N+](=O)[O-])c1. The van der Waals surface area contributed by atoms with Gasteiger partial charge in [-0.05, 0) is 25.0 Å². The summed E-state index contributed by atoms with van der Waals surface area (Å²) < 4.78 is 5.20. The van der Waals surface area contributed by atoms with Crippen molar-refractivity contribution in [2.75, 3.05) is 6.61 Å². The van der Waals surface area contributed by atoms with Gasteiger partial charge in [0.05, 0.1) is 28.8 Å². The molecule has 2 N–H and O–H groups in total. The van der Waals surface area contributed by atoms with E-state index in [9.17, 15) is 19.7 Å². The Kier molecular flexibility index (Phi) is 5.39. The normalized spacial score (nSPS) is 16.2. The van der Waals surface area contributed by atoms with Gasteiger partial charge in [-0.1, -0.05) is 42.5 Å². The van der Waals surface area contributed by atoms with E-state index in [-0.39, 0.29) is 17.9 Å². The molecule has 1 atom stereocenters. The summed E-state index contributed by atoms with van der Waals surface area (Å²) in [6, 6.07) is 12.1. The molecule has 2 amide bonds. The molecule has 1 aliphatic rings. The zero-order valence-electron chi connectivity index (χ0n) is 15.4. The van der Waals surface area contributed by atoms with Crippen LogP contribution in [-0.2, 0) is 9.53 Å². The number of urea groups is 1. The fraction of sp³-hybridized carbons (Fsp3) is 0.200. The molecule has 1 unspecified atom stereocenters. The number of nitrogens with zero attached hydrogens (tertiary/aromatic N) is 1. The van der Waals surface area contributed by atoms with Crippen molar-refractivity contribution in [3.05, 3.63) is 80.9 Å². The highest BCUT2D eigenvalue weighted by Crippen LogP contribution is 2.34. The van der Waals surface area contributed by atoms with Crippen LogP contribution in [0.5, 0.6) is 0 Å². The Bertz CT molecular complexity index is 969. The molecule has 2 aromatic carbocycles. The van der Waals surface area contributed by atoms with E-state index in [4.69, 9.17) is 4.74 Å². The van der Waals surface area contributed by atoms with Crippen LogP contribution in [0.4, 0.5) is 10.5 Å². The second-order valence-electron chi connectivity index (χ2n) is 6.21. The first kappa shape index (κ1) is 19.1. The highest BCUT2D eigenvalue weighted by atomic mass is 16.6. The van der Waals surface area contributed by atoms with E-state index < -0.39 is 23.0 Å². The smallest absolute Gasteiger partial charge is 0.338 e. The number of carbonyl (C=O) groups excluding carboxylic acids is 2.